The highest BCUT2D eigenvalue weighted by atomic mass is 16.1. The standard InChI is InChI=1S/C25H31N3O/c1-4-26-25(29)18-12-15-23-22(16-18)20-8-7-9-21(20)24(27-23)17-10-13-19(14-11-17)28(5-2)6-3/h7-8,10-16,20-21,24,27H,4-6,9H2,1-3H3,(H,26,29). The molecule has 0 bridgehead atoms. The molecule has 1 heterocycles. The number of carbonyl (C=O) groups excluding carboxylic acids is 1. The first-order valence-corrected chi connectivity index (χ1v) is 10.9. The smallest absolute Gasteiger partial charge is 0.251 e. The molecule has 152 valence electrons. The Morgan fingerprint density at radius 2 is 1.86 bits per heavy atom. The molecule has 2 aliphatic rings. The van der Waals surface area contributed by atoms with E-state index >= 15 is 0 Å². The molecule has 0 fully saturated rings. The van der Waals surface area contributed by atoms with Gasteiger partial charge in [-0.25, -0.2) is 0 Å². The van der Waals surface area contributed by atoms with Crippen LogP contribution in [0.3, 0.4) is 0 Å². The second-order valence-electron chi connectivity index (χ2n) is 7.90. The van der Waals surface area contributed by atoms with E-state index in [0.29, 0.717) is 18.4 Å². The number of fused-ring (bicyclic) bond motifs is 3. The Labute approximate surface area is 174 Å². The van der Waals surface area contributed by atoms with Gasteiger partial charge in [0.1, 0.15) is 0 Å². The molecular formula is C25H31N3O. The molecule has 0 radical (unpaired) electrons. The van der Waals surface area contributed by atoms with Crippen molar-refractivity contribution < 1.29 is 4.79 Å². The van der Waals surface area contributed by atoms with Crippen molar-refractivity contribution in [2.45, 2.75) is 39.2 Å². The van der Waals surface area contributed by atoms with Crippen molar-refractivity contribution in [3.8, 4) is 0 Å². The van der Waals surface area contributed by atoms with Crippen LogP contribution in [0.2, 0.25) is 0 Å². The summed E-state index contributed by atoms with van der Waals surface area (Å²) in [4.78, 5) is 14.7. The van der Waals surface area contributed by atoms with Crippen LogP contribution in [-0.2, 0) is 0 Å². The summed E-state index contributed by atoms with van der Waals surface area (Å²) in [6.07, 6.45) is 5.68. The third kappa shape index (κ3) is 3.64. The van der Waals surface area contributed by atoms with E-state index in [9.17, 15) is 4.79 Å². The van der Waals surface area contributed by atoms with Crippen LogP contribution in [0.25, 0.3) is 0 Å². The first-order chi connectivity index (χ1) is 14.2. The molecule has 2 aromatic rings. The van der Waals surface area contributed by atoms with E-state index in [2.05, 4.69) is 77.9 Å². The van der Waals surface area contributed by atoms with Crippen molar-refractivity contribution in [1.82, 2.24) is 5.32 Å². The summed E-state index contributed by atoms with van der Waals surface area (Å²) < 4.78 is 0. The van der Waals surface area contributed by atoms with E-state index in [1.807, 2.05) is 13.0 Å². The van der Waals surface area contributed by atoms with Crippen LogP contribution in [-0.4, -0.2) is 25.5 Å². The van der Waals surface area contributed by atoms with Crippen LogP contribution >= 0.6 is 0 Å². The Kier molecular flexibility index (Phi) is 5.61. The predicted octanol–water partition coefficient (Wildman–Crippen LogP) is 5.11. The Balaban J connectivity index is 1.63. The molecule has 0 saturated heterocycles. The molecule has 1 aliphatic carbocycles. The van der Waals surface area contributed by atoms with Crippen molar-refractivity contribution in [2.75, 3.05) is 29.9 Å². The quantitative estimate of drug-likeness (QED) is 0.675. The van der Waals surface area contributed by atoms with Gasteiger partial charge < -0.3 is 15.5 Å². The van der Waals surface area contributed by atoms with E-state index in [1.54, 1.807) is 0 Å². The SMILES string of the molecule is CCNC(=O)c1ccc2c(c1)C1C=CCC1C(c1ccc(N(CC)CC)cc1)N2. The number of nitrogens with one attached hydrogen (secondary N) is 2. The predicted molar refractivity (Wildman–Crippen MR) is 121 cm³/mol. The van der Waals surface area contributed by atoms with E-state index in [-0.39, 0.29) is 11.9 Å². The fourth-order valence-electron chi connectivity index (χ4n) is 4.81. The largest absolute Gasteiger partial charge is 0.378 e. The zero-order chi connectivity index (χ0) is 20.4. The molecule has 3 unspecified atom stereocenters. The Morgan fingerprint density at radius 3 is 2.55 bits per heavy atom. The van der Waals surface area contributed by atoms with Gasteiger partial charge in [0.2, 0.25) is 0 Å². The van der Waals surface area contributed by atoms with Crippen LogP contribution < -0.4 is 15.5 Å². The maximum absolute atomic E-state index is 12.3. The second-order valence-corrected chi connectivity index (χ2v) is 7.90. The minimum atomic E-state index is 0.00272. The average Bonchev–Trinajstić information content (AvgIpc) is 3.25. The molecule has 1 amide bonds. The van der Waals surface area contributed by atoms with Crippen molar-refractivity contribution >= 4 is 17.3 Å². The van der Waals surface area contributed by atoms with Gasteiger partial charge in [-0.2, -0.15) is 0 Å². The lowest BCUT2D eigenvalue weighted by Crippen LogP contribution is -2.30. The summed E-state index contributed by atoms with van der Waals surface area (Å²) in [5.74, 6) is 0.835. The molecule has 29 heavy (non-hydrogen) atoms. The number of benzene rings is 2. The summed E-state index contributed by atoms with van der Waals surface area (Å²) in [6, 6.07) is 15.4. The van der Waals surface area contributed by atoms with Crippen LogP contribution in [0.5, 0.6) is 0 Å². The Morgan fingerprint density at radius 1 is 1.10 bits per heavy atom. The Hall–Kier alpha value is -2.75. The molecule has 4 nitrogen and oxygen atoms in total. The third-order valence-corrected chi connectivity index (χ3v) is 6.34. The molecule has 2 N–H and O–H groups in total. The fourth-order valence-corrected chi connectivity index (χ4v) is 4.81. The minimum Gasteiger partial charge on any atom is -0.378 e. The van der Waals surface area contributed by atoms with Gasteiger partial charge in [-0.05, 0) is 74.6 Å². The first kappa shape index (κ1) is 19.6. The number of hydrogen-bond donors (Lipinski definition) is 2. The van der Waals surface area contributed by atoms with E-state index < -0.39 is 0 Å². The molecule has 3 atom stereocenters. The number of anilines is 2. The lowest BCUT2D eigenvalue weighted by molar-refractivity contribution is 0.0955. The van der Waals surface area contributed by atoms with Crippen LogP contribution in [0.1, 0.15) is 60.6 Å². The average molecular weight is 390 g/mol. The maximum atomic E-state index is 12.3. The Bertz CT molecular complexity index is 899. The number of hydrogen-bond acceptors (Lipinski definition) is 3. The highest BCUT2D eigenvalue weighted by molar-refractivity contribution is 5.95. The molecule has 0 aromatic heterocycles. The lowest BCUT2D eigenvalue weighted by atomic mass is 9.76. The van der Waals surface area contributed by atoms with Crippen molar-refractivity contribution in [3.63, 3.8) is 0 Å². The van der Waals surface area contributed by atoms with E-state index in [1.165, 1.54) is 16.8 Å². The second kappa shape index (κ2) is 8.32. The van der Waals surface area contributed by atoms with Gasteiger partial charge in [0, 0.05) is 42.5 Å². The number of allylic oxidation sites excluding steroid dienone is 2. The summed E-state index contributed by atoms with van der Waals surface area (Å²) in [6.45, 7) is 9.03. The van der Waals surface area contributed by atoms with Crippen molar-refractivity contribution in [2.24, 2.45) is 5.92 Å². The van der Waals surface area contributed by atoms with Crippen LogP contribution in [0.4, 0.5) is 11.4 Å². The third-order valence-electron chi connectivity index (χ3n) is 6.34. The molecule has 0 saturated carbocycles. The van der Waals surface area contributed by atoms with E-state index in [0.717, 1.165) is 30.8 Å². The zero-order valence-electron chi connectivity index (χ0n) is 17.6. The molecule has 4 heteroatoms. The van der Waals surface area contributed by atoms with Gasteiger partial charge in [0.05, 0.1) is 6.04 Å². The highest BCUT2D eigenvalue weighted by Crippen LogP contribution is 2.50. The summed E-state index contributed by atoms with van der Waals surface area (Å²) >= 11 is 0. The van der Waals surface area contributed by atoms with Gasteiger partial charge in [-0.1, -0.05) is 24.3 Å². The van der Waals surface area contributed by atoms with Gasteiger partial charge in [-0.3, -0.25) is 4.79 Å². The monoisotopic (exact) mass is 389 g/mol. The fraction of sp³-hybridized carbons (Fsp3) is 0.400. The van der Waals surface area contributed by atoms with Crippen LogP contribution in [0.15, 0.2) is 54.6 Å². The topological polar surface area (TPSA) is 44.4 Å². The summed E-state index contributed by atoms with van der Waals surface area (Å²) in [5.41, 5.74) is 5.74. The summed E-state index contributed by atoms with van der Waals surface area (Å²) in [5, 5.41) is 6.68. The zero-order valence-corrected chi connectivity index (χ0v) is 17.6. The number of amides is 1. The van der Waals surface area contributed by atoms with E-state index in [4.69, 9.17) is 0 Å². The van der Waals surface area contributed by atoms with Gasteiger partial charge in [-0.15, -0.1) is 0 Å². The molecule has 0 spiro atoms. The molecule has 1 aliphatic heterocycles. The maximum Gasteiger partial charge on any atom is 0.251 e. The number of nitrogens with zero attached hydrogens (tertiary/aromatic N) is 1. The molecule has 4 rings (SSSR count). The normalized spacial score (nSPS) is 21.8. The highest BCUT2D eigenvalue weighted by Gasteiger charge is 2.38. The van der Waals surface area contributed by atoms with Crippen molar-refractivity contribution in [3.05, 3.63) is 71.3 Å². The van der Waals surface area contributed by atoms with Gasteiger partial charge in [0.15, 0.2) is 0 Å². The molecule has 2 aromatic carbocycles. The van der Waals surface area contributed by atoms with Gasteiger partial charge in [0.25, 0.3) is 5.91 Å². The first-order valence-electron chi connectivity index (χ1n) is 10.9. The van der Waals surface area contributed by atoms with Gasteiger partial charge >= 0.3 is 0 Å². The van der Waals surface area contributed by atoms with Crippen LogP contribution in [0, 0.1) is 5.92 Å². The summed E-state index contributed by atoms with van der Waals surface area (Å²) in [7, 11) is 0. The van der Waals surface area contributed by atoms with Crippen molar-refractivity contribution in [1.29, 1.82) is 0 Å². The molecular weight excluding hydrogens is 358 g/mol. The minimum absolute atomic E-state index is 0.00272. The number of rotatable bonds is 6. The number of carbonyl (C=O) groups is 1. The lowest BCUT2D eigenvalue weighted by Gasteiger charge is -2.38.